The van der Waals surface area contributed by atoms with Crippen molar-refractivity contribution in [1.29, 1.82) is 5.26 Å². The number of nitrogens with zero attached hydrogens (tertiary/aromatic N) is 5. The smallest absolute Gasteiger partial charge is 0.259 e. The molecule has 4 N–H and O–H groups in total. The summed E-state index contributed by atoms with van der Waals surface area (Å²) in [7, 11) is 1.26. The predicted octanol–water partition coefficient (Wildman–Crippen LogP) is 1.04. The molecule has 0 radical (unpaired) electrons. The van der Waals surface area contributed by atoms with Crippen molar-refractivity contribution in [2.75, 3.05) is 31.7 Å². The Hall–Kier alpha value is -3.43. The molecule has 5 rings (SSSR count). The summed E-state index contributed by atoms with van der Waals surface area (Å²) in [5.74, 6) is -5.23. The van der Waals surface area contributed by atoms with Gasteiger partial charge >= 0.3 is 0 Å². The molecule has 0 saturated carbocycles. The van der Waals surface area contributed by atoms with Crippen molar-refractivity contribution in [3.63, 3.8) is 0 Å². The van der Waals surface area contributed by atoms with Gasteiger partial charge in [-0.15, -0.1) is 5.10 Å². The Labute approximate surface area is 251 Å². The number of halogens is 4. The van der Waals surface area contributed by atoms with Crippen molar-refractivity contribution in [2.45, 2.75) is 42.6 Å². The van der Waals surface area contributed by atoms with Crippen LogP contribution in [0, 0.1) is 28.8 Å². The van der Waals surface area contributed by atoms with Crippen molar-refractivity contribution < 1.29 is 42.8 Å². The lowest BCUT2D eigenvalue weighted by molar-refractivity contribution is -0.211. The normalized spacial score (nSPS) is 27.2. The first-order valence-electron chi connectivity index (χ1n) is 13.0. The number of aromatic nitrogens is 3. The van der Waals surface area contributed by atoms with Crippen LogP contribution >= 0.6 is 15.9 Å². The van der Waals surface area contributed by atoms with Crippen LogP contribution in [0.15, 0.2) is 41.0 Å². The Morgan fingerprint density at radius 1 is 1.23 bits per heavy atom. The number of rotatable bonds is 7. The monoisotopic (exact) mass is 666 g/mol. The van der Waals surface area contributed by atoms with Crippen LogP contribution in [0.1, 0.15) is 11.6 Å². The number of ether oxygens (including phenoxy) is 2. The molecule has 16 heteroatoms. The summed E-state index contributed by atoms with van der Waals surface area (Å²) in [4.78, 5) is 15.6. The van der Waals surface area contributed by atoms with Gasteiger partial charge in [-0.1, -0.05) is 21.1 Å². The van der Waals surface area contributed by atoms with Crippen molar-refractivity contribution in [1.82, 2.24) is 20.3 Å². The van der Waals surface area contributed by atoms with Crippen molar-refractivity contribution in [3.8, 4) is 17.3 Å². The highest BCUT2D eigenvalue weighted by atomic mass is 79.9. The zero-order valence-electron chi connectivity index (χ0n) is 22.4. The van der Waals surface area contributed by atoms with E-state index in [1.807, 2.05) is 6.07 Å². The molecule has 1 aromatic heterocycles. The van der Waals surface area contributed by atoms with Crippen LogP contribution in [0.25, 0.3) is 11.3 Å². The maximum atomic E-state index is 14.3. The van der Waals surface area contributed by atoms with Crippen LogP contribution in [0.3, 0.4) is 0 Å². The summed E-state index contributed by atoms with van der Waals surface area (Å²) >= 11 is 3.34. The number of carbonyl (C=O) groups excluding carboxylic acids is 1. The standard InChI is InChI=1S/C27H26BrF3N6O6/c1-42-25-23(36-10-18(34-35-36)13-4-16(29)22(31)17(30)5-13)24(40)21(11-38)43-26(25)27(41)37(19-8-33-9-20(19)39)15-3-12(7-32)2-14(28)6-15/h2-6,10,19-21,23-26,33,38-40H,8-9,11H2,1H3/t19-,20-,21?,23?,24?,25?,26?/m1/s1. The first-order valence-corrected chi connectivity index (χ1v) is 13.8. The van der Waals surface area contributed by atoms with E-state index in [0.29, 0.717) is 4.47 Å². The number of methoxy groups -OCH3 is 1. The fraction of sp³-hybridized carbons (Fsp3) is 0.407. The molecule has 2 aliphatic heterocycles. The number of aliphatic hydroxyl groups excluding tert-OH is 3. The summed E-state index contributed by atoms with van der Waals surface area (Å²) in [6.07, 6.45) is -5.33. The minimum absolute atomic E-state index is 0.0743. The molecule has 1 amide bonds. The summed E-state index contributed by atoms with van der Waals surface area (Å²) in [5, 5.41) is 52.4. The van der Waals surface area contributed by atoms with Crippen LogP contribution in [0.4, 0.5) is 18.9 Å². The van der Waals surface area contributed by atoms with Crippen molar-refractivity contribution in [2.24, 2.45) is 0 Å². The highest BCUT2D eigenvalue weighted by Crippen LogP contribution is 2.36. The van der Waals surface area contributed by atoms with Crippen LogP contribution < -0.4 is 10.2 Å². The average Bonchev–Trinajstić information content (AvgIpc) is 3.64. The van der Waals surface area contributed by atoms with E-state index in [2.05, 4.69) is 31.6 Å². The highest BCUT2D eigenvalue weighted by Gasteiger charge is 2.52. The van der Waals surface area contributed by atoms with Crippen LogP contribution in [0.2, 0.25) is 0 Å². The van der Waals surface area contributed by atoms with E-state index in [0.717, 1.165) is 16.8 Å². The number of anilines is 1. The predicted molar refractivity (Wildman–Crippen MR) is 146 cm³/mol. The molecule has 0 bridgehead atoms. The minimum Gasteiger partial charge on any atom is -0.394 e. The van der Waals surface area contributed by atoms with E-state index in [4.69, 9.17) is 9.47 Å². The maximum absolute atomic E-state index is 14.3. The molecule has 228 valence electrons. The number of nitrogens with one attached hydrogen (secondary N) is 1. The number of carbonyl (C=O) groups is 1. The molecule has 0 spiro atoms. The molecule has 2 aliphatic rings. The zero-order chi connectivity index (χ0) is 31.0. The van der Waals surface area contributed by atoms with Crippen LogP contribution in [-0.2, 0) is 14.3 Å². The number of hydrogen-bond donors (Lipinski definition) is 4. The lowest BCUT2D eigenvalue weighted by Gasteiger charge is -2.45. The number of aliphatic hydroxyl groups is 3. The summed E-state index contributed by atoms with van der Waals surface area (Å²) in [5.41, 5.74) is 0.297. The Morgan fingerprint density at radius 3 is 2.56 bits per heavy atom. The second kappa shape index (κ2) is 12.7. The number of nitriles is 1. The molecule has 43 heavy (non-hydrogen) atoms. The molecule has 3 aromatic rings. The first-order chi connectivity index (χ1) is 20.6. The quantitative estimate of drug-likeness (QED) is 0.268. The first kappa shape index (κ1) is 31.0. The van der Waals surface area contributed by atoms with Gasteiger partial charge in [-0.3, -0.25) is 4.79 Å². The second-order valence-corrected chi connectivity index (χ2v) is 11.0. The van der Waals surface area contributed by atoms with Gasteiger partial charge in [0, 0.05) is 35.9 Å². The molecule has 2 fully saturated rings. The van der Waals surface area contributed by atoms with E-state index in [1.54, 1.807) is 12.1 Å². The summed E-state index contributed by atoms with van der Waals surface area (Å²) in [6.45, 7) is -0.311. The molecular weight excluding hydrogens is 641 g/mol. The Bertz CT molecular complexity index is 1530. The zero-order valence-corrected chi connectivity index (χ0v) is 24.0. The van der Waals surface area contributed by atoms with E-state index in [1.165, 1.54) is 24.3 Å². The number of β-amino-alcohol motifs (C(OH)–C–C–N with tert-alkyl or cyclic N) is 1. The van der Waals surface area contributed by atoms with Gasteiger partial charge in [0.2, 0.25) is 0 Å². The van der Waals surface area contributed by atoms with E-state index < -0.39 is 72.6 Å². The van der Waals surface area contributed by atoms with Crippen molar-refractivity contribution >= 4 is 27.5 Å². The Kier molecular flexibility index (Phi) is 9.13. The lowest BCUT2D eigenvalue weighted by Crippen LogP contribution is -2.63. The third kappa shape index (κ3) is 5.89. The van der Waals surface area contributed by atoms with Crippen LogP contribution in [-0.4, -0.2) is 99.6 Å². The largest absolute Gasteiger partial charge is 0.394 e. The van der Waals surface area contributed by atoms with Gasteiger partial charge in [-0.25, -0.2) is 17.9 Å². The molecule has 0 aliphatic carbocycles. The Morgan fingerprint density at radius 2 is 1.95 bits per heavy atom. The van der Waals surface area contributed by atoms with E-state index in [9.17, 15) is 38.5 Å². The fourth-order valence-corrected chi connectivity index (χ4v) is 5.91. The SMILES string of the molecule is COC1C(C(=O)N(c2cc(Br)cc(C#N)c2)[C@@H]2CNC[C@H]2O)OC(CO)C(O)C1n1cc(-c2cc(F)c(F)c(F)c2)nn1. The highest BCUT2D eigenvalue weighted by molar-refractivity contribution is 9.10. The van der Waals surface area contributed by atoms with Gasteiger partial charge in [0.05, 0.1) is 36.6 Å². The molecule has 7 atom stereocenters. The molecule has 3 heterocycles. The van der Waals surface area contributed by atoms with Crippen molar-refractivity contribution in [3.05, 3.63) is 64.0 Å². The second-order valence-electron chi connectivity index (χ2n) is 10.1. The third-order valence-corrected chi connectivity index (χ3v) is 7.95. The Balaban J connectivity index is 1.55. The minimum atomic E-state index is -1.65. The van der Waals surface area contributed by atoms with E-state index in [-0.39, 0.29) is 35.6 Å². The molecule has 5 unspecified atom stereocenters. The number of hydrogen-bond acceptors (Lipinski definition) is 10. The van der Waals surface area contributed by atoms with Gasteiger partial charge in [0.15, 0.2) is 23.6 Å². The third-order valence-electron chi connectivity index (χ3n) is 7.49. The molecular formula is C27H26BrF3N6O6. The topological polar surface area (TPSA) is 166 Å². The maximum Gasteiger partial charge on any atom is 0.259 e. The van der Waals surface area contributed by atoms with E-state index >= 15 is 0 Å². The number of benzene rings is 2. The lowest BCUT2D eigenvalue weighted by atomic mass is 9.91. The summed E-state index contributed by atoms with van der Waals surface area (Å²) < 4.78 is 54.4. The number of amides is 1. The van der Waals surface area contributed by atoms with Gasteiger partial charge in [0.1, 0.15) is 30.0 Å². The molecule has 2 saturated heterocycles. The van der Waals surface area contributed by atoms with Gasteiger partial charge in [0.25, 0.3) is 5.91 Å². The van der Waals surface area contributed by atoms with Gasteiger partial charge in [-0.05, 0) is 30.3 Å². The molecule has 12 nitrogen and oxygen atoms in total. The van der Waals surface area contributed by atoms with Gasteiger partial charge in [-0.2, -0.15) is 5.26 Å². The van der Waals surface area contributed by atoms with Crippen LogP contribution in [0.5, 0.6) is 0 Å². The summed E-state index contributed by atoms with van der Waals surface area (Å²) in [6, 6.07) is 6.11. The average molecular weight is 667 g/mol. The molecule has 2 aromatic carbocycles. The van der Waals surface area contributed by atoms with Gasteiger partial charge < -0.3 is 35.0 Å². The fourth-order valence-electron chi connectivity index (χ4n) is 5.43.